The van der Waals surface area contributed by atoms with Crippen LogP contribution in [0.2, 0.25) is 5.02 Å². The lowest BCUT2D eigenvalue weighted by Gasteiger charge is -2.39. The number of benzene rings is 3. The number of fused-ring (bicyclic) bond motifs is 2. The Morgan fingerprint density at radius 3 is 2.54 bits per heavy atom. The average molecular weight is 927 g/mol. The number of nitro benzene ring substituents is 1. The Bertz CT molecular complexity index is 2730. The lowest BCUT2D eigenvalue weighted by Crippen LogP contribution is -2.47. The number of amides is 1. The molecule has 2 N–H and O–H groups in total. The molecule has 65 heavy (non-hydrogen) atoms. The minimum atomic E-state index is -4.59. The van der Waals surface area contributed by atoms with Gasteiger partial charge in [-0.05, 0) is 114 Å². The lowest BCUT2D eigenvalue weighted by atomic mass is 9.72. The molecule has 3 aliphatic heterocycles. The largest absolute Gasteiger partial charge is 0.476 e. The molecule has 2 saturated heterocycles. The Balaban J connectivity index is 0.986. The number of anilines is 4. The van der Waals surface area contributed by atoms with Gasteiger partial charge in [0.05, 0.1) is 33.9 Å². The fraction of sp³-hybridized carbons (Fsp3) is 0.444. The minimum Gasteiger partial charge on any atom is -0.476 e. The standard InChI is InChI=1S/C45H52ClN11O7S/c1-45(2)15-12-32(37(26-45)31-4-6-33(46)7-5-31)28-53-17-19-54(20-18-53)34-8-10-36(39(24-34)55-16-3-21-64-43-41(55)29-56-44(48-43)49-51-52-56)42(58)50-65(61,62)35-9-11-38(40(25-35)57(59)60)47-27-30-13-22-63-23-14-30/h4-11,24-25,29-30,47H,3,12-23,26-28H2,1-2H3,(H,50,58). The number of aromatic nitrogens is 5. The van der Waals surface area contributed by atoms with Crippen molar-refractivity contribution in [3.8, 4) is 5.88 Å². The molecule has 0 atom stereocenters. The van der Waals surface area contributed by atoms with Gasteiger partial charge in [-0.1, -0.05) is 48.3 Å². The van der Waals surface area contributed by atoms with E-state index in [1.807, 2.05) is 29.2 Å². The summed E-state index contributed by atoms with van der Waals surface area (Å²) in [6, 6.07) is 17.1. The van der Waals surface area contributed by atoms with Gasteiger partial charge in [0.25, 0.3) is 27.4 Å². The molecule has 1 amide bonds. The highest BCUT2D eigenvalue weighted by Gasteiger charge is 2.32. The third kappa shape index (κ3) is 9.88. The number of carbonyl (C=O) groups excluding carboxylic acids is 1. The molecule has 0 bridgehead atoms. The molecule has 18 nitrogen and oxygen atoms in total. The lowest BCUT2D eigenvalue weighted by molar-refractivity contribution is -0.384. The van der Waals surface area contributed by atoms with Gasteiger partial charge in [-0.3, -0.25) is 19.8 Å². The predicted octanol–water partition coefficient (Wildman–Crippen LogP) is 6.74. The van der Waals surface area contributed by atoms with Gasteiger partial charge in [0.1, 0.15) is 11.4 Å². The van der Waals surface area contributed by atoms with Crippen molar-refractivity contribution in [3.05, 3.63) is 98.7 Å². The number of ether oxygens (including phenoxy) is 2. The summed E-state index contributed by atoms with van der Waals surface area (Å²) in [5, 5.41) is 27.8. The van der Waals surface area contributed by atoms with Crippen molar-refractivity contribution in [2.75, 3.05) is 80.8 Å². The first kappa shape index (κ1) is 44.3. The number of rotatable bonds is 12. The van der Waals surface area contributed by atoms with E-state index in [9.17, 15) is 23.3 Å². The van der Waals surface area contributed by atoms with Crippen LogP contribution >= 0.6 is 11.6 Å². The molecule has 5 heterocycles. The first-order chi connectivity index (χ1) is 31.3. The van der Waals surface area contributed by atoms with Crippen molar-refractivity contribution in [1.82, 2.24) is 34.6 Å². The zero-order valence-corrected chi connectivity index (χ0v) is 38.0. The van der Waals surface area contributed by atoms with E-state index in [-0.39, 0.29) is 34.2 Å². The first-order valence-electron chi connectivity index (χ1n) is 22.0. The zero-order valence-electron chi connectivity index (χ0n) is 36.4. The molecule has 1 aliphatic carbocycles. The summed E-state index contributed by atoms with van der Waals surface area (Å²) in [4.78, 5) is 36.7. The van der Waals surface area contributed by atoms with Crippen LogP contribution in [0.4, 0.5) is 28.4 Å². The van der Waals surface area contributed by atoms with Gasteiger partial charge in [0.15, 0.2) is 0 Å². The van der Waals surface area contributed by atoms with E-state index in [4.69, 9.17) is 21.1 Å². The van der Waals surface area contributed by atoms with Gasteiger partial charge < -0.3 is 24.6 Å². The molecule has 20 heteroatoms. The van der Waals surface area contributed by atoms with E-state index in [2.05, 4.69) is 66.3 Å². The molecular weight excluding hydrogens is 874 g/mol. The molecule has 0 spiro atoms. The maximum Gasteiger partial charge on any atom is 0.293 e. The number of hydrogen-bond acceptors (Lipinski definition) is 15. The third-order valence-electron chi connectivity index (χ3n) is 12.9. The van der Waals surface area contributed by atoms with Gasteiger partial charge in [0.2, 0.25) is 5.88 Å². The highest BCUT2D eigenvalue weighted by atomic mass is 35.5. The maximum atomic E-state index is 14.3. The molecule has 4 aliphatic rings. The topological polar surface area (TPSA) is 203 Å². The second kappa shape index (κ2) is 18.5. The molecule has 342 valence electrons. The number of halogens is 1. The molecule has 2 aromatic heterocycles. The Labute approximate surface area is 382 Å². The van der Waals surface area contributed by atoms with E-state index < -0.39 is 31.4 Å². The smallest absolute Gasteiger partial charge is 0.293 e. The van der Waals surface area contributed by atoms with E-state index in [1.54, 1.807) is 12.3 Å². The molecule has 2 fully saturated rings. The van der Waals surface area contributed by atoms with Crippen LogP contribution in [0.25, 0.3) is 11.4 Å². The summed E-state index contributed by atoms with van der Waals surface area (Å²) in [5.41, 5.74) is 5.90. The van der Waals surface area contributed by atoms with Gasteiger partial charge >= 0.3 is 0 Å². The normalized spacial score (nSPS) is 18.5. The maximum absolute atomic E-state index is 14.3. The third-order valence-corrected chi connectivity index (χ3v) is 14.4. The number of allylic oxidation sites excluding steroid dienone is 1. The van der Waals surface area contributed by atoms with Gasteiger partial charge in [-0.2, -0.15) is 9.50 Å². The Kier molecular flexibility index (Phi) is 12.6. The number of hydrogen-bond donors (Lipinski definition) is 2. The second-order valence-electron chi connectivity index (χ2n) is 17.9. The fourth-order valence-electron chi connectivity index (χ4n) is 9.17. The van der Waals surface area contributed by atoms with Crippen LogP contribution in [0.3, 0.4) is 0 Å². The van der Waals surface area contributed by atoms with Crippen molar-refractivity contribution in [3.63, 3.8) is 0 Å². The number of carbonyl (C=O) groups is 1. The first-order valence-corrected chi connectivity index (χ1v) is 23.9. The summed E-state index contributed by atoms with van der Waals surface area (Å²) in [6.07, 6.45) is 7.03. The number of nitrogens with zero attached hydrogens (tertiary/aromatic N) is 9. The van der Waals surface area contributed by atoms with Crippen molar-refractivity contribution in [1.29, 1.82) is 0 Å². The van der Waals surface area contributed by atoms with Crippen LogP contribution in [0.5, 0.6) is 5.88 Å². The molecule has 0 radical (unpaired) electrons. The fourth-order valence-corrected chi connectivity index (χ4v) is 10.3. The highest BCUT2D eigenvalue weighted by Crippen LogP contribution is 2.44. The van der Waals surface area contributed by atoms with E-state index in [0.29, 0.717) is 50.7 Å². The van der Waals surface area contributed by atoms with Crippen LogP contribution in [-0.2, 0) is 14.8 Å². The Hall–Kier alpha value is -5.89. The van der Waals surface area contributed by atoms with Crippen LogP contribution in [0, 0.1) is 21.4 Å². The molecule has 0 saturated carbocycles. The summed E-state index contributed by atoms with van der Waals surface area (Å²) in [6.45, 7) is 11.1. The summed E-state index contributed by atoms with van der Waals surface area (Å²) < 4.78 is 42.9. The Morgan fingerprint density at radius 1 is 0.985 bits per heavy atom. The van der Waals surface area contributed by atoms with E-state index in [1.165, 1.54) is 33.4 Å². The number of nitrogens with one attached hydrogen (secondary N) is 2. The quantitative estimate of drug-likeness (QED) is 0.0983. The van der Waals surface area contributed by atoms with Crippen LogP contribution < -0.4 is 24.6 Å². The summed E-state index contributed by atoms with van der Waals surface area (Å²) in [5.74, 6) is -0.155. The molecular formula is C45H52ClN11O7S. The van der Waals surface area contributed by atoms with Crippen molar-refractivity contribution < 1.29 is 27.6 Å². The number of piperazine rings is 1. The summed E-state index contributed by atoms with van der Waals surface area (Å²) in [7, 11) is -4.59. The number of nitro groups is 1. The SMILES string of the molecule is CC1(C)CCC(CN2CCN(c3ccc(C(=O)NS(=O)(=O)c4ccc(NCC5CCOCC5)c([N+](=O)[O-])c4)c(N4CCCOc5nc6nnnn6cc54)c3)CC2)=C(c2ccc(Cl)cc2)C1. The van der Waals surface area contributed by atoms with Crippen molar-refractivity contribution in [2.45, 2.75) is 57.3 Å². The highest BCUT2D eigenvalue weighted by molar-refractivity contribution is 7.90. The molecule has 3 aromatic carbocycles. The molecule has 9 rings (SSSR count). The molecule has 0 unspecified atom stereocenters. The van der Waals surface area contributed by atoms with Gasteiger partial charge in [-0.15, -0.1) is 0 Å². The Morgan fingerprint density at radius 2 is 1.77 bits per heavy atom. The predicted molar refractivity (Wildman–Crippen MR) is 247 cm³/mol. The van der Waals surface area contributed by atoms with Crippen LogP contribution in [-0.4, -0.2) is 115 Å². The summed E-state index contributed by atoms with van der Waals surface area (Å²) >= 11 is 6.26. The number of tetrazole rings is 1. The molecule has 5 aromatic rings. The second-order valence-corrected chi connectivity index (χ2v) is 20.0. The van der Waals surface area contributed by atoms with Crippen LogP contribution in [0.15, 0.2) is 77.3 Å². The zero-order chi connectivity index (χ0) is 45.3. The van der Waals surface area contributed by atoms with E-state index >= 15 is 0 Å². The van der Waals surface area contributed by atoms with Crippen LogP contribution in [0.1, 0.15) is 68.3 Å². The minimum absolute atomic E-state index is 0.0618. The van der Waals surface area contributed by atoms with Crippen molar-refractivity contribution in [2.24, 2.45) is 11.3 Å². The van der Waals surface area contributed by atoms with Crippen molar-refractivity contribution >= 4 is 67.3 Å². The average Bonchev–Trinajstić information content (AvgIpc) is 3.66. The van der Waals surface area contributed by atoms with E-state index in [0.717, 1.165) is 81.6 Å². The monoisotopic (exact) mass is 925 g/mol. The van der Waals surface area contributed by atoms with Gasteiger partial charge in [0, 0.05) is 75.8 Å². The number of sulfonamides is 1. The van der Waals surface area contributed by atoms with Gasteiger partial charge in [-0.25, -0.2) is 13.1 Å².